The van der Waals surface area contributed by atoms with Gasteiger partial charge in [0, 0.05) is 6.54 Å². The molecule has 0 heterocycles. The van der Waals surface area contributed by atoms with Crippen LogP contribution in [-0.4, -0.2) is 0 Å². The van der Waals surface area contributed by atoms with Gasteiger partial charge in [-0.05, 0) is 27.8 Å². The van der Waals surface area contributed by atoms with Gasteiger partial charge in [-0.1, -0.05) is 78.9 Å². The first-order valence-corrected chi connectivity index (χ1v) is 6.82. The smallest absolute Gasteiger partial charge is 0.0178 e. The number of hydrogen-bond acceptors (Lipinski definition) is 1. The highest BCUT2D eigenvalue weighted by Gasteiger charge is 2.00. The summed E-state index contributed by atoms with van der Waals surface area (Å²) in [7, 11) is 0. The maximum absolute atomic E-state index is 5.62. The van der Waals surface area contributed by atoms with Gasteiger partial charge >= 0.3 is 0 Å². The van der Waals surface area contributed by atoms with E-state index in [4.69, 9.17) is 5.73 Å². The fraction of sp³-hybridized carbons (Fsp3) is 0.0526. The molecule has 3 aromatic carbocycles. The SMILES string of the molecule is NCc1ccc(-c2ccc(-c3ccccc3)cc2)cc1. The maximum atomic E-state index is 5.62. The van der Waals surface area contributed by atoms with Crippen molar-refractivity contribution in [3.8, 4) is 22.3 Å². The van der Waals surface area contributed by atoms with Gasteiger partial charge in [0.05, 0.1) is 0 Å². The van der Waals surface area contributed by atoms with Gasteiger partial charge < -0.3 is 5.73 Å². The minimum Gasteiger partial charge on any atom is -0.326 e. The molecule has 0 saturated carbocycles. The van der Waals surface area contributed by atoms with Gasteiger partial charge in [-0.2, -0.15) is 0 Å². The summed E-state index contributed by atoms with van der Waals surface area (Å²) in [6, 6.07) is 27.5. The molecule has 0 fully saturated rings. The van der Waals surface area contributed by atoms with Crippen molar-refractivity contribution in [2.24, 2.45) is 5.73 Å². The van der Waals surface area contributed by atoms with Gasteiger partial charge in [-0.25, -0.2) is 0 Å². The molecule has 3 aromatic rings. The molecular weight excluding hydrogens is 242 g/mol. The minimum atomic E-state index is 0.591. The van der Waals surface area contributed by atoms with Crippen LogP contribution in [0.4, 0.5) is 0 Å². The lowest BCUT2D eigenvalue weighted by molar-refractivity contribution is 1.07. The first kappa shape index (κ1) is 12.6. The Morgan fingerprint density at radius 1 is 0.500 bits per heavy atom. The quantitative estimate of drug-likeness (QED) is 0.737. The fourth-order valence-corrected chi connectivity index (χ4v) is 2.32. The molecule has 2 N–H and O–H groups in total. The third kappa shape index (κ3) is 2.63. The molecule has 1 heteroatoms. The Morgan fingerprint density at radius 2 is 0.900 bits per heavy atom. The Kier molecular flexibility index (Phi) is 3.62. The van der Waals surface area contributed by atoms with Crippen molar-refractivity contribution in [1.29, 1.82) is 0 Å². The van der Waals surface area contributed by atoms with Gasteiger partial charge in [-0.15, -0.1) is 0 Å². The second-order valence-electron chi connectivity index (χ2n) is 4.84. The summed E-state index contributed by atoms with van der Waals surface area (Å²) in [5.74, 6) is 0. The highest BCUT2D eigenvalue weighted by atomic mass is 14.5. The van der Waals surface area contributed by atoms with Crippen LogP contribution in [0.2, 0.25) is 0 Å². The zero-order chi connectivity index (χ0) is 13.8. The summed E-state index contributed by atoms with van der Waals surface area (Å²) in [5.41, 5.74) is 11.7. The first-order chi connectivity index (χ1) is 9.86. The Hall–Kier alpha value is -2.38. The zero-order valence-electron chi connectivity index (χ0n) is 11.3. The van der Waals surface area contributed by atoms with Crippen molar-refractivity contribution in [3.05, 3.63) is 84.4 Å². The molecule has 0 amide bonds. The molecule has 0 unspecified atom stereocenters. The number of rotatable bonds is 3. The molecule has 20 heavy (non-hydrogen) atoms. The monoisotopic (exact) mass is 259 g/mol. The second kappa shape index (κ2) is 5.72. The van der Waals surface area contributed by atoms with Gasteiger partial charge in [0.2, 0.25) is 0 Å². The van der Waals surface area contributed by atoms with E-state index in [9.17, 15) is 0 Å². The third-order valence-electron chi connectivity index (χ3n) is 3.51. The van der Waals surface area contributed by atoms with Gasteiger partial charge in [-0.3, -0.25) is 0 Å². The van der Waals surface area contributed by atoms with Crippen molar-refractivity contribution in [3.63, 3.8) is 0 Å². The van der Waals surface area contributed by atoms with Crippen LogP contribution in [0.3, 0.4) is 0 Å². The van der Waals surface area contributed by atoms with Crippen LogP contribution in [0.25, 0.3) is 22.3 Å². The topological polar surface area (TPSA) is 26.0 Å². The number of hydrogen-bond donors (Lipinski definition) is 1. The van der Waals surface area contributed by atoms with Crippen LogP contribution in [0.1, 0.15) is 5.56 Å². The molecule has 0 aromatic heterocycles. The van der Waals surface area contributed by atoms with Crippen molar-refractivity contribution in [2.45, 2.75) is 6.54 Å². The van der Waals surface area contributed by atoms with Crippen LogP contribution in [0, 0.1) is 0 Å². The summed E-state index contributed by atoms with van der Waals surface area (Å²) in [6.45, 7) is 0.591. The lowest BCUT2D eigenvalue weighted by atomic mass is 10.00. The van der Waals surface area contributed by atoms with Crippen LogP contribution >= 0.6 is 0 Å². The van der Waals surface area contributed by atoms with E-state index in [-0.39, 0.29) is 0 Å². The zero-order valence-corrected chi connectivity index (χ0v) is 11.3. The molecule has 0 radical (unpaired) electrons. The van der Waals surface area contributed by atoms with E-state index in [1.54, 1.807) is 0 Å². The number of nitrogens with two attached hydrogens (primary N) is 1. The molecule has 0 bridgehead atoms. The lowest BCUT2D eigenvalue weighted by Gasteiger charge is -2.06. The molecule has 3 rings (SSSR count). The molecule has 0 aliphatic heterocycles. The Morgan fingerprint density at radius 3 is 1.35 bits per heavy atom. The highest BCUT2D eigenvalue weighted by molar-refractivity contribution is 5.70. The molecule has 0 atom stereocenters. The third-order valence-corrected chi connectivity index (χ3v) is 3.51. The van der Waals surface area contributed by atoms with Gasteiger partial charge in [0.1, 0.15) is 0 Å². The van der Waals surface area contributed by atoms with E-state index in [0.717, 1.165) is 5.56 Å². The molecule has 98 valence electrons. The van der Waals surface area contributed by atoms with Crippen molar-refractivity contribution in [1.82, 2.24) is 0 Å². The van der Waals surface area contributed by atoms with Crippen LogP contribution in [0.5, 0.6) is 0 Å². The van der Waals surface area contributed by atoms with E-state index >= 15 is 0 Å². The Labute approximate surface area is 119 Å². The first-order valence-electron chi connectivity index (χ1n) is 6.82. The van der Waals surface area contributed by atoms with E-state index in [1.165, 1.54) is 22.3 Å². The molecule has 0 aliphatic carbocycles. The van der Waals surface area contributed by atoms with Crippen LogP contribution in [0.15, 0.2) is 78.9 Å². The van der Waals surface area contributed by atoms with E-state index in [1.807, 2.05) is 6.07 Å². The van der Waals surface area contributed by atoms with E-state index in [2.05, 4.69) is 72.8 Å². The molecule has 0 spiro atoms. The van der Waals surface area contributed by atoms with Gasteiger partial charge in [0.25, 0.3) is 0 Å². The fourth-order valence-electron chi connectivity index (χ4n) is 2.32. The van der Waals surface area contributed by atoms with Gasteiger partial charge in [0.15, 0.2) is 0 Å². The predicted molar refractivity (Wildman–Crippen MR) is 85.2 cm³/mol. The largest absolute Gasteiger partial charge is 0.326 e. The Balaban J connectivity index is 1.89. The second-order valence-corrected chi connectivity index (χ2v) is 4.84. The standard InChI is InChI=1S/C19H17N/c20-14-15-6-8-17(9-7-15)19-12-10-18(11-13-19)16-4-2-1-3-5-16/h1-13H,14,20H2. The predicted octanol–water partition coefficient (Wildman–Crippen LogP) is 4.48. The maximum Gasteiger partial charge on any atom is 0.0178 e. The summed E-state index contributed by atoms with van der Waals surface area (Å²) in [6.07, 6.45) is 0. The Bertz CT molecular complexity index is 667. The van der Waals surface area contributed by atoms with E-state index in [0.29, 0.717) is 6.54 Å². The molecule has 0 aliphatic rings. The summed E-state index contributed by atoms with van der Waals surface area (Å²) in [5, 5.41) is 0. The normalized spacial score (nSPS) is 10.4. The van der Waals surface area contributed by atoms with Crippen LogP contribution in [-0.2, 0) is 6.54 Å². The highest BCUT2D eigenvalue weighted by Crippen LogP contribution is 2.24. The van der Waals surface area contributed by atoms with Crippen molar-refractivity contribution >= 4 is 0 Å². The molecule has 1 nitrogen and oxygen atoms in total. The van der Waals surface area contributed by atoms with Crippen molar-refractivity contribution in [2.75, 3.05) is 0 Å². The average molecular weight is 259 g/mol. The van der Waals surface area contributed by atoms with Crippen LogP contribution < -0.4 is 5.73 Å². The lowest BCUT2D eigenvalue weighted by Crippen LogP contribution is -1.95. The summed E-state index contributed by atoms with van der Waals surface area (Å²) >= 11 is 0. The summed E-state index contributed by atoms with van der Waals surface area (Å²) in [4.78, 5) is 0. The number of benzene rings is 3. The van der Waals surface area contributed by atoms with Crippen molar-refractivity contribution < 1.29 is 0 Å². The molecular formula is C19H17N. The van der Waals surface area contributed by atoms with E-state index < -0.39 is 0 Å². The summed E-state index contributed by atoms with van der Waals surface area (Å²) < 4.78 is 0. The minimum absolute atomic E-state index is 0.591. The molecule has 0 saturated heterocycles. The average Bonchev–Trinajstić information content (AvgIpc) is 2.56.